The Balaban J connectivity index is 0.000000171. The molecule has 0 saturated carbocycles. The second kappa shape index (κ2) is 6.33. The van der Waals surface area contributed by atoms with E-state index in [1.165, 1.54) is 30.3 Å². The van der Waals surface area contributed by atoms with Gasteiger partial charge in [0.1, 0.15) is 22.3 Å². The largest absolute Gasteiger partial charge is 0.508 e. The molecule has 5 heteroatoms. The van der Waals surface area contributed by atoms with Gasteiger partial charge in [0.05, 0.1) is 5.02 Å². The number of halogens is 3. The molecule has 0 radical (unpaired) electrons. The van der Waals surface area contributed by atoms with Gasteiger partial charge in [0.2, 0.25) is 0 Å². The van der Waals surface area contributed by atoms with Gasteiger partial charge in [-0.1, -0.05) is 29.3 Å². The van der Waals surface area contributed by atoms with E-state index in [2.05, 4.69) is 0 Å². The van der Waals surface area contributed by atoms with Crippen molar-refractivity contribution in [2.45, 2.75) is 0 Å². The predicted molar refractivity (Wildman–Crippen MR) is 66.2 cm³/mol. The van der Waals surface area contributed by atoms with Crippen LogP contribution in [0.5, 0.6) is 11.5 Å². The highest BCUT2D eigenvalue weighted by Gasteiger charge is 1.99. The van der Waals surface area contributed by atoms with Crippen molar-refractivity contribution in [2.24, 2.45) is 0 Å². The third-order valence-electron chi connectivity index (χ3n) is 1.76. The van der Waals surface area contributed by atoms with Crippen molar-refractivity contribution in [3.05, 3.63) is 58.3 Å². The Kier molecular flexibility index (Phi) is 5.07. The summed E-state index contributed by atoms with van der Waals surface area (Å²) in [5, 5.41) is 18.1. The summed E-state index contributed by atoms with van der Waals surface area (Å²) >= 11 is 11.0. The maximum atomic E-state index is 12.0. The molecule has 2 N–H and O–H groups in total. The molecule has 2 aromatic carbocycles. The van der Waals surface area contributed by atoms with Gasteiger partial charge in [-0.05, 0) is 36.4 Å². The predicted octanol–water partition coefficient (Wildman–Crippen LogP) is 4.23. The average molecular weight is 275 g/mol. The number of phenolic OH excluding ortho intramolecular Hbond substituents is 2. The Morgan fingerprint density at radius 3 is 1.88 bits per heavy atom. The van der Waals surface area contributed by atoms with Crippen LogP contribution in [-0.2, 0) is 0 Å². The van der Waals surface area contributed by atoms with Crippen molar-refractivity contribution < 1.29 is 14.6 Å². The van der Waals surface area contributed by atoms with Gasteiger partial charge in [0, 0.05) is 0 Å². The molecule has 0 saturated heterocycles. The molecule has 2 nitrogen and oxygen atoms in total. The Bertz CT molecular complexity index is 445. The Morgan fingerprint density at radius 1 is 0.882 bits per heavy atom. The van der Waals surface area contributed by atoms with Crippen LogP contribution in [0, 0.1) is 5.82 Å². The maximum absolute atomic E-state index is 12.0. The topological polar surface area (TPSA) is 40.5 Å². The fraction of sp³-hybridized carbons (Fsp3) is 0. The second-order valence-electron chi connectivity index (χ2n) is 3.05. The van der Waals surface area contributed by atoms with Crippen LogP contribution < -0.4 is 0 Å². The van der Waals surface area contributed by atoms with Gasteiger partial charge in [-0.25, -0.2) is 4.39 Å². The molecule has 0 aliphatic rings. The highest BCUT2D eigenvalue weighted by molar-refractivity contribution is 6.42. The van der Waals surface area contributed by atoms with Crippen LogP contribution in [0.4, 0.5) is 4.39 Å². The van der Waals surface area contributed by atoms with Gasteiger partial charge < -0.3 is 10.2 Å². The molecule has 2 rings (SSSR count). The number of benzene rings is 2. The standard InChI is InChI=1S/C6H4Cl2O.C6H5FO/c7-4-2-1-3-5(9)6(4)8;7-5-1-3-6(8)4-2-5/h1-3,9H;1-4,8H. The molecule has 0 atom stereocenters. The third-order valence-corrected chi connectivity index (χ3v) is 2.57. The molecule has 0 unspecified atom stereocenters. The normalized spacial score (nSPS) is 9.35. The number of hydrogen-bond acceptors (Lipinski definition) is 2. The molecule has 0 bridgehead atoms. The first-order valence-corrected chi connectivity index (χ1v) is 5.34. The van der Waals surface area contributed by atoms with Gasteiger partial charge in [0.25, 0.3) is 0 Å². The van der Waals surface area contributed by atoms with Gasteiger partial charge in [-0.15, -0.1) is 0 Å². The van der Waals surface area contributed by atoms with Gasteiger partial charge in [-0.3, -0.25) is 0 Å². The number of aromatic hydroxyl groups is 2. The van der Waals surface area contributed by atoms with Crippen molar-refractivity contribution in [3.8, 4) is 11.5 Å². The first-order chi connectivity index (χ1) is 8.00. The molecule has 17 heavy (non-hydrogen) atoms. The van der Waals surface area contributed by atoms with Gasteiger partial charge >= 0.3 is 0 Å². The zero-order valence-corrected chi connectivity index (χ0v) is 10.1. The van der Waals surface area contributed by atoms with Crippen molar-refractivity contribution in [2.75, 3.05) is 0 Å². The second-order valence-corrected chi connectivity index (χ2v) is 3.83. The van der Waals surface area contributed by atoms with Crippen molar-refractivity contribution in [1.82, 2.24) is 0 Å². The summed E-state index contributed by atoms with van der Waals surface area (Å²) in [5.74, 6) is -0.224. The van der Waals surface area contributed by atoms with Crippen molar-refractivity contribution in [1.29, 1.82) is 0 Å². The lowest BCUT2D eigenvalue weighted by atomic mass is 10.3. The summed E-state index contributed by atoms with van der Waals surface area (Å²) in [4.78, 5) is 0. The van der Waals surface area contributed by atoms with Gasteiger partial charge in [-0.2, -0.15) is 0 Å². The fourth-order valence-corrected chi connectivity index (χ4v) is 1.23. The number of rotatable bonds is 0. The first-order valence-electron chi connectivity index (χ1n) is 4.58. The van der Waals surface area contributed by atoms with E-state index in [0.717, 1.165) is 0 Å². The third kappa shape index (κ3) is 4.51. The zero-order valence-electron chi connectivity index (χ0n) is 8.57. The molecule has 0 fully saturated rings. The van der Waals surface area contributed by atoms with Crippen molar-refractivity contribution >= 4 is 23.2 Å². The zero-order chi connectivity index (χ0) is 12.8. The Labute approximate surface area is 108 Å². The number of phenols is 2. The summed E-state index contributed by atoms with van der Waals surface area (Å²) in [6.07, 6.45) is 0. The van der Waals surface area contributed by atoms with Crippen LogP contribution in [0.25, 0.3) is 0 Å². The molecule has 0 spiro atoms. The summed E-state index contributed by atoms with van der Waals surface area (Å²) in [7, 11) is 0. The minimum Gasteiger partial charge on any atom is -0.508 e. The van der Waals surface area contributed by atoms with E-state index in [9.17, 15) is 4.39 Å². The SMILES string of the molecule is Oc1ccc(F)cc1.Oc1cccc(Cl)c1Cl. The summed E-state index contributed by atoms with van der Waals surface area (Å²) < 4.78 is 12.0. The summed E-state index contributed by atoms with van der Waals surface area (Å²) in [6, 6.07) is 9.73. The monoisotopic (exact) mass is 274 g/mol. The van der Waals surface area contributed by atoms with Crippen LogP contribution in [0.3, 0.4) is 0 Å². The van der Waals surface area contributed by atoms with Crippen molar-refractivity contribution in [3.63, 3.8) is 0 Å². The molecule has 2 aromatic rings. The molecule has 0 amide bonds. The van der Waals surface area contributed by atoms with E-state index in [1.807, 2.05) is 0 Å². The maximum Gasteiger partial charge on any atom is 0.135 e. The van der Waals surface area contributed by atoms with E-state index >= 15 is 0 Å². The Morgan fingerprint density at radius 2 is 1.47 bits per heavy atom. The van der Waals surface area contributed by atoms with E-state index in [1.54, 1.807) is 12.1 Å². The summed E-state index contributed by atoms with van der Waals surface area (Å²) in [6.45, 7) is 0. The highest BCUT2D eigenvalue weighted by atomic mass is 35.5. The number of hydrogen-bond donors (Lipinski definition) is 2. The fourth-order valence-electron chi connectivity index (χ4n) is 0.934. The summed E-state index contributed by atoms with van der Waals surface area (Å²) in [5.41, 5.74) is 0. The molecule has 90 valence electrons. The molecule has 0 aliphatic carbocycles. The van der Waals surface area contributed by atoms with Crippen LogP contribution in [0.2, 0.25) is 10.0 Å². The van der Waals surface area contributed by atoms with Crippen LogP contribution in [-0.4, -0.2) is 10.2 Å². The molecule has 0 aliphatic heterocycles. The van der Waals surface area contributed by atoms with Gasteiger partial charge in [0.15, 0.2) is 0 Å². The van der Waals surface area contributed by atoms with Crippen LogP contribution in [0.1, 0.15) is 0 Å². The minimum absolute atomic E-state index is 0.0177. The molecule has 0 aromatic heterocycles. The lowest BCUT2D eigenvalue weighted by molar-refractivity contribution is 0.473. The highest BCUT2D eigenvalue weighted by Crippen LogP contribution is 2.29. The smallest absolute Gasteiger partial charge is 0.135 e. The van der Waals surface area contributed by atoms with E-state index in [0.29, 0.717) is 5.02 Å². The lowest BCUT2D eigenvalue weighted by Gasteiger charge is -1.95. The molecular weight excluding hydrogens is 266 g/mol. The average Bonchev–Trinajstić information content (AvgIpc) is 2.31. The first kappa shape index (κ1) is 13.6. The Hall–Kier alpha value is -1.45. The quantitative estimate of drug-likeness (QED) is 0.755. The minimum atomic E-state index is -0.331. The van der Waals surface area contributed by atoms with Crippen LogP contribution >= 0.6 is 23.2 Å². The lowest BCUT2D eigenvalue weighted by Crippen LogP contribution is -1.67. The van der Waals surface area contributed by atoms with E-state index in [4.69, 9.17) is 33.4 Å². The van der Waals surface area contributed by atoms with E-state index < -0.39 is 0 Å². The molecular formula is C12H9Cl2FO2. The van der Waals surface area contributed by atoms with E-state index in [-0.39, 0.29) is 22.3 Å². The van der Waals surface area contributed by atoms with Crippen LogP contribution in [0.15, 0.2) is 42.5 Å². The molecule has 0 heterocycles.